The van der Waals surface area contributed by atoms with Crippen molar-refractivity contribution in [1.29, 1.82) is 0 Å². The largest absolute Gasteiger partial charge is 0.393 e. The summed E-state index contributed by atoms with van der Waals surface area (Å²) >= 11 is 0. The van der Waals surface area contributed by atoms with Gasteiger partial charge < -0.3 is 10.1 Å². The average Bonchev–Trinajstić information content (AvgIpc) is 2.76. The van der Waals surface area contributed by atoms with E-state index in [9.17, 15) is 13.2 Å². The molecule has 0 heterocycles. The van der Waals surface area contributed by atoms with Crippen LogP contribution in [0, 0.1) is 5.92 Å². The van der Waals surface area contributed by atoms with Crippen LogP contribution in [0.1, 0.15) is 44.9 Å². The molecule has 0 radical (unpaired) electrons. The Balaban J connectivity index is 1.90. The highest BCUT2D eigenvalue weighted by Gasteiger charge is 2.46. The maximum atomic E-state index is 12.9. The van der Waals surface area contributed by atoms with Crippen molar-refractivity contribution in [3.8, 4) is 0 Å². The van der Waals surface area contributed by atoms with Gasteiger partial charge in [0, 0.05) is 19.2 Å². The molecule has 2 rings (SSSR count). The molecule has 1 N–H and O–H groups in total. The number of hydrogen-bond donors (Lipinski definition) is 1. The van der Waals surface area contributed by atoms with Crippen LogP contribution >= 0.6 is 0 Å². The van der Waals surface area contributed by atoms with Gasteiger partial charge in [-0.25, -0.2) is 0 Å². The first-order valence-electron chi connectivity index (χ1n) is 6.86. The van der Waals surface area contributed by atoms with Crippen molar-refractivity contribution < 1.29 is 17.9 Å². The zero-order valence-electron chi connectivity index (χ0n) is 10.8. The van der Waals surface area contributed by atoms with E-state index < -0.39 is 12.1 Å². The van der Waals surface area contributed by atoms with Gasteiger partial charge in [-0.05, 0) is 32.1 Å². The Morgan fingerprint density at radius 1 is 1.06 bits per heavy atom. The number of nitrogens with one attached hydrogen (secondary N) is 1. The highest BCUT2D eigenvalue weighted by atomic mass is 19.4. The van der Waals surface area contributed by atoms with Gasteiger partial charge in [0.05, 0.1) is 12.0 Å². The van der Waals surface area contributed by atoms with Crippen LogP contribution in [0.2, 0.25) is 0 Å². The fourth-order valence-electron chi connectivity index (χ4n) is 3.33. The minimum absolute atomic E-state index is 0.197. The first-order chi connectivity index (χ1) is 8.50. The molecule has 0 spiro atoms. The van der Waals surface area contributed by atoms with Crippen LogP contribution in [0.3, 0.4) is 0 Å². The molecule has 0 bridgehead atoms. The van der Waals surface area contributed by atoms with Crippen molar-refractivity contribution >= 4 is 0 Å². The second-order valence-electron chi connectivity index (χ2n) is 5.57. The third-order valence-corrected chi connectivity index (χ3v) is 4.35. The molecule has 2 saturated carbocycles. The fourth-order valence-corrected chi connectivity index (χ4v) is 3.33. The molecule has 4 atom stereocenters. The third kappa shape index (κ3) is 3.38. The summed E-state index contributed by atoms with van der Waals surface area (Å²) in [5.74, 6) is -1.16. The lowest BCUT2D eigenvalue weighted by atomic mass is 9.83. The van der Waals surface area contributed by atoms with Gasteiger partial charge in [-0.1, -0.05) is 12.8 Å². The maximum absolute atomic E-state index is 12.9. The molecule has 106 valence electrons. The molecule has 5 heteroatoms. The maximum Gasteiger partial charge on any atom is 0.393 e. The molecular formula is C13H22F3NO. The van der Waals surface area contributed by atoms with Gasteiger partial charge >= 0.3 is 6.18 Å². The monoisotopic (exact) mass is 265 g/mol. The lowest BCUT2D eigenvalue weighted by molar-refractivity contribution is -0.189. The van der Waals surface area contributed by atoms with Crippen LogP contribution in [0.4, 0.5) is 13.2 Å². The Bertz CT molecular complexity index is 269. The summed E-state index contributed by atoms with van der Waals surface area (Å²) in [6.07, 6.45) is 1.43. The Hall–Kier alpha value is -0.290. The third-order valence-electron chi connectivity index (χ3n) is 4.35. The molecular weight excluding hydrogens is 243 g/mol. The predicted octanol–water partition coefficient (Wildman–Crippen LogP) is 3.26. The topological polar surface area (TPSA) is 21.3 Å². The smallest absolute Gasteiger partial charge is 0.381 e. The summed E-state index contributed by atoms with van der Waals surface area (Å²) in [5.41, 5.74) is 0. The Morgan fingerprint density at radius 3 is 2.39 bits per heavy atom. The van der Waals surface area contributed by atoms with Gasteiger partial charge in [0.2, 0.25) is 0 Å². The van der Waals surface area contributed by atoms with E-state index in [2.05, 4.69) is 5.32 Å². The molecule has 2 aliphatic rings. The predicted molar refractivity (Wildman–Crippen MR) is 63.4 cm³/mol. The Morgan fingerprint density at radius 2 is 1.78 bits per heavy atom. The number of alkyl halides is 3. The van der Waals surface area contributed by atoms with E-state index in [1.807, 2.05) is 0 Å². The van der Waals surface area contributed by atoms with E-state index in [1.54, 1.807) is 7.11 Å². The van der Waals surface area contributed by atoms with Crippen LogP contribution in [0.5, 0.6) is 0 Å². The van der Waals surface area contributed by atoms with Crippen molar-refractivity contribution in [3.05, 3.63) is 0 Å². The first-order valence-corrected chi connectivity index (χ1v) is 6.86. The highest BCUT2D eigenvalue weighted by Crippen LogP contribution is 2.38. The highest BCUT2D eigenvalue weighted by molar-refractivity contribution is 4.90. The van der Waals surface area contributed by atoms with E-state index in [4.69, 9.17) is 4.74 Å². The molecule has 0 saturated heterocycles. The van der Waals surface area contributed by atoms with Crippen LogP contribution in [0.25, 0.3) is 0 Å². The van der Waals surface area contributed by atoms with Crippen molar-refractivity contribution in [3.63, 3.8) is 0 Å². The van der Waals surface area contributed by atoms with Crippen LogP contribution in [-0.2, 0) is 4.74 Å². The molecule has 4 unspecified atom stereocenters. The zero-order chi connectivity index (χ0) is 13.2. The SMILES string of the molecule is COC1CCC(NC2CCCCC2C(F)(F)F)C1. The van der Waals surface area contributed by atoms with E-state index in [1.165, 1.54) is 0 Å². The Labute approximate surface area is 106 Å². The molecule has 2 nitrogen and oxygen atoms in total. The average molecular weight is 265 g/mol. The van der Waals surface area contributed by atoms with Gasteiger partial charge in [0.15, 0.2) is 0 Å². The summed E-state index contributed by atoms with van der Waals surface area (Å²) in [5, 5.41) is 3.24. The van der Waals surface area contributed by atoms with Gasteiger partial charge in [-0.2, -0.15) is 13.2 Å². The fraction of sp³-hybridized carbons (Fsp3) is 1.00. The second-order valence-corrected chi connectivity index (χ2v) is 5.57. The molecule has 0 aromatic rings. The van der Waals surface area contributed by atoms with Crippen molar-refractivity contribution in [2.45, 2.75) is 69.3 Å². The van der Waals surface area contributed by atoms with Crippen LogP contribution in [-0.4, -0.2) is 31.5 Å². The molecule has 2 aliphatic carbocycles. The lowest BCUT2D eigenvalue weighted by Gasteiger charge is -2.35. The Kier molecular flexibility index (Phi) is 4.54. The zero-order valence-corrected chi connectivity index (χ0v) is 10.8. The lowest BCUT2D eigenvalue weighted by Crippen LogP contribution is -2.48. The summed E-state index contributed by atoms with van der Waals surface area (Å²) < 4.78 is 44.1. The standard InChI is InChI=1S/C13H22F3NO/c1-18-10-7-6-9(8-10)17-12-5-3-2-4-11(12)13(14,15)16/h9-12,17H,2-8H2,1H3. The van der Waals surface area contributed by atoms with Crippen molar-refractivity contribution in [1.82, 2.24) is 5.32 Å². The molecule has 18 heavy (non-hydrogen) atoms. The minimum atomic E-state index is -4.06. The number of halogens is 3. The summed E-state index contributed by atoms with van der Waals surface area (Å²) in [6, 6.07) is -0.192. The molecule has 0 amide bonds. The van der Waals surface area contributed by atoms with Crippen LogP contribution < -0.4 is 5.32 Å². The quantitative estimate of drug-likeness (QED) is 0.845. The normalized spacial score (nSPS) is 38.0. The second kappa shape index (κ2) is 5.78. The first kappa shape index (κ1) is 14.1. The summed E-state index contributed by atoms with van der Waals surface area (Å²) in [7, 11) is 1.67. The van der Waals surface area contributed by atoms with Gasteiger partial charge in [0.1, 0.15) is 0 Å². The molecule has 0 aliphatic heterocycles. The van der Waals surface area contributed by atoms with E-state index in [-0.39, 0.29) is 24.6 Å². The van der Waals surface area contributed by atoms with Crippen LogP contribution in [0.15, 0.2) is 0 Å². The molecule has 0 aromatic heterocycles. The van der Waals surface area contributed by atoms with Gasteiger partial charge in [-0.15, -0.1) is 0 Å². The number of hydrogen-bond acceptors (Lipinski definition) is 2. The van der Waals surface area contributed by atoms with Crippen molar-refractivity contribution in [2.75, 3.05) is 7.11 Å². The number of ether oxygens (including phenoxy) is 1. The summed E-state index contributed by atoms with van der Waals surface area (Å²) in [4.78, 5) is 0. The van der Waals surface area contributed by atoms with E-state index in [0.717, 1.165) is 25.7 Å². The van der Waals surface area contributed by atoms with Gasteiger partial charge in [0.25, 0.3) is 0 Å². The number of methoxy groups -OCH3 is 1. The molecule has 2 fully saturated rings. The minimum Gasteiger partial charge on any atom is -0.381 e. The van der Waals surface area contributed by atoms with E-state index >= 15 is 0 Å². The summed E-state index contributed by atoms with van der Waals surface area (Å²) in [6.45, 7) is 0. The van der Waals surface area contributed by atoms with E-state index in [0.29, 0.717) is 12.8 Å². The van der Waals surface area contributed by atoms with Crippen molar-refractivity contribution in [2.24, 2.45) is 5.92 Å². The number of rotatable bonds is 3. The van der Waals surface area contributed by atoms with Gasteiger partial charge in [-0.3, -0.25) is 0 Å². The molecule has 0 aromatic carbocycles.